The molecule has 1 N–H and O–H groups in total. The molecule has 0 saturated heterocycles. The molecule has 1 rings (SSSR count). The van der Waals surface area contributed by atoms with Gasteiger partial charge >= 0.3 is 11.9 Å². The lowest BCUT2D eigenvalue weighted by atomic mass is 10.1. The normalized spacial score (nSPS) is 13.6. The molecule has 0 aliphatic heterocycles. The second-order valence-corrected chi connectivity index (χ2v) is 3.81. The molecular weight excluding hydrogens is 296 g/mol. The molecule has 0 heterocycles. The van der Waals surface area contributed by atoms with Crippen LogP contribution in [0.4, 0.5) is 17.6 Å². The summed E-state index contributed by atoms with van der Waals surface area (Å²) in [4.78, 5) is 10.1. The van der Waals surface area contributed by atoms with Crippen molar-refractivity contribution in [1.82, 2.24) is 0 Å². The van der Waals surface area contributed by atoms with Crippen molar-refractivity contribution in [3.63, 3.8) is 0 Å². The van der Waals surface area contributed by atoms with Crippen LogP contribution in [-0.4, -0.2) is 17.0 Å². The van der Waals surface area contributed by atoms with Crippen molar-refractivity contribution in [2.24, 2.45) is 0 Å². The van der Waals surface area contributed by atoms with Crippen LogP contribution in [0.3, 0.4) is 0 Å². The molecule has 2 nitrogen and oxygen atoms in total. The van der Waals surface area contributed by atoms with Gasteiger partial charge in [-0.25, -0.2) is 13.6 Å². The van der Waals surface area contributed by atoms with Gasteiger partial charge in [0.1, 0.15) is 5.82 Å². The lowest BCUT2D eigenvalue weighted by Gasteiger charge is -2.17. The Balaban J connectivity index is 3.19. The van der Waals surface area contributed by atoms with Crippen LogP contribution in [0.25, 0.3) is 0 Å². The number of alkyl halides is 3. The van der Waals surface area contributed by atoms with Crippen LogP contribution in [0, 0.1) is 5.82 Å². The summed E-state index contributed by atoms with van der Waals surface area (Å²) < 4.78 is 51.5. The number of halogens is 5. The summed E-state index contributed by atoms with van der Waals surface area (Å²) in [6.07, 6.45) is -3.12. The molecule has 0 aromatic heterocycles. The molecular formula is C9H5BrF4O2. The van der Waals surface area contributed by atoms with Crippen molar-refractivity contribution in [2.75, 3.05) is 0 Å². The number of benzene rings is 1. The zero-order valence-electron chi connectivity index (χ0n) is 7.55. The van der Waals surface area contributed by atoms with Gasteiger partial charge in [-0.15, -0.1) is 0 Å². The number of aliphatic carboxylic acids is 1. The van der Waals surface area contributed by atoms with E-state index in [4.69, 9.17) is 5.11 Å². The van der Waals surface area contributed by atoms with Crippen LogP contribution in [0.1, 0.15) is 11.7 Å². The highest BCUT2D eigenvalue weighted by Gasteiger charge is 2.49. The number of hydrogen-bond acceptors (Lipinski definition) is 1. The highest BCUT2D eigenvalue weighted by molar-refractivity contribution is 9.10. The molecule has 1 atom stereocenters. The average Bonchev–Trinajstić information content (AvgIpc) is 2.20. The minimum Gasteiger partial charge on any atom is -0.477 e. The lowest BCUT2D eigenvalue weighted by Crippen LogP contribution is -2.33. The zero-order chi connectivity index (χ0) is 12.5. The second kappa shape index (κ2) is 4.40. The van der Waals surface area contributed by atoms with Gasteiger partial charge < -0.3 is 5.11 Å². The molecule has 0 radical (unpaired) electrons. The molecule has 1 aromatic rings. The summed E-state index contributed by atoms with van der Waals surface area (Å²) in [5, 5.41) is 8.13. The van der Waals surface area contributed by atoms with Gasteiger partial charge in [0.05, 0.1) is 0 Å². The summed E-state index contributed by atoms with van der Waals surface area (Å²) in [6.45, 7) is 0. The first kappa shape index (κ1) is 13.0. The molecule has 0 aliphatic rings. The summed E-state index contributed by atoms with van der Waals surface area (Å²) in [5.74, 6) is -8.13. The Hall–Kier alpha value is -1.11. The van der Waals surface area contributed by atoms with E-state index in [0.717, 1.165) is 12.1 Å². The van der Waals surface area contributed by atoms with E-state index in [9.17, 15) is 22.4 Å². The van der Waals surface area contributed by atoms with Crippen LogP contribution < -0.4 is 0 Å². The van der Waals surface area contributed by atoms with Crippen LogP contribution in [-0.2, 0) is 4.79 Å². The SMILES string of the molecule is O=C(O)C(F)(F)C(F)c1cc(F)ccc1Br. The molecule has 7 heteroatoms. The monoisotopic (exact) mass is 300 g/mol. The smallest absolute Gasteiger partial charge is 0.378 e. The van der Waals surface area contributed by atoms with E-state index in [1.54, 1.807) is 0 Å². The minimum atomic E-state index is -4.60. The fraction of sp³-hybridized carbons (Fsp3) is 0.222. The van der Waals surface area contributed by atoms with Gasteiger partial charge in [-0.05, 0) is 18.2 Å². The van der Waals surface area contributed by atoms with E-state index < -0.39 is 29.4 Å². The molecule has 0 amide bonds. The Morgan fingerprint density at radius 3 is 2.50 bits per heavy atom. The molecule has 88 valence electrons. The standard InChI is InChI=1S/C9H5BrF4O2/c10-6-2-1-4(11)3-5(6)7(12)9(13,14)8(15)16/h1-3,7H,(H,15,16). The van der Waals surface area contributed by atoms with E-state index in [-0.39, 0.29) is 4.47 Å². The van der Waals surface area contributed by atoms with Gasteiger partial charge in [0, 0.05) is 10.0 Å². The molecule has 16 heavy (non-hydrogen) atoms. The van der Waals surface area contributed by atoms with Gasteiger partial charge in [-0.2, -0.15) is 8.78 Å². The molecule has 0 saturated carbocycles. The van der Waals surface area contributed by atoms with Crippen LogP contribution >= 0.6 is 15.9 Å². The van der Waals surface area contributed by atoms with E-state index in [0.29, 0.717) is 6.07 Å². The molecule has 1 unspecified atom stereocenters. The highest BCUT2D eigenvalue weighted by atomic mass is 79.9. The van der Waals surface area contributed by atoms with Crippen molar-refractivity contribution in [2.45, 2.75) is 12.1 Å². The quantitative estimate of drug-likeness (QED) is 0.870. The Morgan fingerprint density at radius 2 is 2.00 bits per heavy atom. The zero-order valence-corrected chi connectivity index (χ0v) is 9.14. The van der Waals surface area contributed by atoms with Crippen LogP contribution in [0.5, 0.6) is 0 Å². The second-order valence-electron chi connectivity index (χ2n) is 2.96. The number of carboxylic acids is 1. The van der Waals surface area contributed by atoms with Gasteiger partial charge in [0.25, 0.3) is 0 Å². The van der Waals surface area contributed by atoms with Crippen molar-refractivity contribution in [1.29, 1.82) is 0 Å². The van der Waals surface area contributed by atoms with Crippen LogP contribution in [0.2, 0.25) is 0 Å². The van der Waals surface area contributed by atoms with E-state index >= 15 is 0 Å². The highest BCUT2D eigenvalue weighted by Crippen LogP contribution is 2.38. The maximum Gasteiger partial charge on any atom is 0.378 e. The van der Waals surface area contributed by atoms with Crippen LogP contribution in [0.15, 0.2) is 22.7 Å². The van der Waals surface area contributed by atoms with Crippen molar-refractivity contribution in [3.05, 3.63) is 34.1 Å². The Bertz CT molecular complexity index is 422. The van der Waals surface area contributed by atoms with Crippen molar-refractivity contribution in [3.8, 4) is 0 Å². The molecule has 0 spiro atoms. The van der Waals surface area contributed by atoms with Gasteiger partial charge in [0.15, 0.2) is 0 Å². The Labute approximate surface area is 96.0 Å². The number of carbonyl (C=O) groups is 1. The third-order valence-corrected chi connectivity index (χ3v) is 2.56. The van der Waals surface area contributed by atoms with E-state index in [1.165, 1.54) is 0 Å². The topological polar surface area (TPSA) is 37.3 Å². The number of hydrogen-bond donors (Lipinski definition) is 1. The summed E-state index contributed by atoms with van der Waals surface area (Å²) in [5.41, 5.74) is -0.743. The minimum absolute atomic E-state index is 0.123. The lowest BCUT2D eigenvalue weighted by molar-refractivity contribution is -0.175. The van der Waals surface area contributed by atoms with Crippen molar-refractivity contribution >= 4 is 21.9 Å². The largest absolute Gasteiger partial charge is 0.477 e. The molecule has 0 aliphatic carbocycles. The number of rotatable bonds is 3. The number of carboxylic acid groups (broad SMARTS) is 1. The first-order valence-corrected chi connectivity index (χ1v) is 4.76. The van der Waals surface area contributed by atoms with Gasteiger partial charge in [-0.3, -0.25) is 0 Å². The third kappa shape index (κ3) is 2.34. The summed E-state index contributed by atoms with van der Waals surface area (Å²) >= 11 is 2.74. The van der Waals surface area contributed by atoms with E-state index in [2.05, 4.69) is 15.9 Å². The fourth-order valence-corrected chi connectivity index (χ4v) is 1.46. The average molecular weight is 301 g/mol. The summed E-state index contributed by atoms with van der Waals surface area (Å²) in [6, 6.07) is 2.47. The van der Waals surface area contributed by atoms with E-state index in [1.807, 2.05) is 0 Å². The molecule has 0 fully saturated rings. The first-order valence-electron chi connectivity index (χ1n) is 3.97. The fourth-order valence-electron chi connectivity index (χ4n) is 1.01. The first-order chi connectivity index (χ1) is 7.26. The third-order valence-electron chi connectivity index (χ3n) is 1.83. The summed E-state index contributed by atoms with van der Waals surface area (Å²) in [7, 11) is 0. The van der Waals surface area contributed by atoms with Gasteiger partial charge in [-0.1, -0.05) is 15.9 Å². The predicted molar refractivity (Wildman–Crippen MR) is 50.5 cm³/mol. The maximum absolute atomic E-state index is 13.3. The van der Waals surface area contributed by atoms with Gasteiger partial charge in [0.2, 0.25) is 6.17 Å². The predicted octanol–water partition coefficient (Wildman–Crippen LogP) is 3.32. The maximum atomic E-state index is 13.3. The molecule has 0 bridgehead atoms. The Kier molecular flexibility index (Phi) is 3.57. The Morgan fingerprint density at radius 1 is 1.44 bits per heavy atom. The van der Waals surface area contributed by atoms with Crippen molar-refractivity contribution < 1.29 is 27.5 Å². The molecule has 1 aromatic carbocycles.